The van der Waals surface area contributed by atoms with E-state index in [-0.39, 0.29) is 11.6 Å². The van der Waals surface area contributed by atoms with Crippen molar-refractivity contribution in [3.63, 3.8) is 0 Å². The minimum atomic E-state index is -0.374. The molecule has 3 aromatic rings. The number of para-hydroxylation sites is 1. The highest BCUT2D eigenvalue weighted by Crippen LogP contribution is 2.25. The molecule has 0 amide bonds. The van der Waals surface area contributed by atoms with Crippen molar-refractivity contribution in [1.29, 1.82) is 5.26 Å². The van der Waals surface area contributed by atoms with Gasteiger partial charge in [0.15, 0.2) is 11.6 Å². The van der Waals surface area contributed by atoms with E-state index < -0.39 is 0 Å². The maximum absolute atomic E-state index is 13.5. The molecule has 5 heteroatoms. The summed E-state index contributed by atoms with van der Waals surface area (Å²) in [4.78, 5) is 0. The number of hydrogen-bond acceptors (Lipinski definition) is 2. The van der Waals surface area contributed by atoms with Gasteiger partial charge in [-0.05, 0) is 30.3 Å². The van der Waals surface area contributed by atoms with Crippen LogP contribution in [0.3, 0.4) is 0 Å². The van der Waals surface area contributed by atoms with Gasteiger partial charge in [0, 0.05) is 21.6 Å². The van der Waals surface area contributed by atoms with E-state index in [2.05, 4.69) is 22.0 Å². The van der Waals surface area contributed by atoms with E-state index in [0.29, 0.717) is 18.7 Å². The van der Waals surface area contributed by atoms with Crippen LogP contribution in [0.15, 0.2) is 53.1 Å². The third-order valence-corrected chi connectivity index (χ3v) is 3.88. The standard InChI is InChI=1S/C17H12BrFN2O/c18-13-5-6-16-14(9-13)12(10-20)11-21(16)7-8-22-17-4-2-1-3-15(17)19/h1-6,9,11H,7-8H2. The highest BCUT2D eigenvalue weighted by atomic mass is 79.9. The fourth-order valence-electron chi connectivity index (χ4n) is 2.36. The van der Waals surface area contributed by atoms with Crippen LogP contribution < -0.4 is 4.74 Å². The first-order valence-electron chi connectivity index (χ1n) is 6.75. The Morgan fingerprint density at radius 2 is 2.05 bits per heavy atom. The smallest absolute Gasteiger partial charge is 0.165 e. The third-order valence-electron chi connectivity index (χ3n) is 3.39. The highest BCUT2D eigenvalue weighted by molar-refractivity contribution is 9.10. The zero-order valence-corrected chi connectivity index (χ0v) is 13.2. The molecule has 2 aromatic carbocycles. The molecule has 0 aliphatic carbocycles. The quantitative estimate of drug-likeness (QED) is 0.688. The molecule has 0 saturated carbocycles. The third kappa shape index (κ3) is 2.83. The lowest BCUT2D eigenvalue weighted by Gasteiger charge is -2.08. The lowest BCUT2D eigenvalue weighted by Crippen LogP contribution is -2.07. The minimum absolute atomic E-state index is 0.238. The lowest BCUT2D eigenvalue weighted by atomic mass is 10.2. The monoisotopic (exact) mass is 358 g/mol. The van der Waals surface area contributed by atoms with Crippen LogP contribution in [0.2, 0.25) is 0 Å². The van der Waals surface area contributed by atoms with Gasteiger partial charge >= 0.3 is 0 Å². The fourth-order valence-corrected chi connectivity index (χ4v) is 2.72. The average Bonchev–Trinajstić information content (AvgIpc) is 2.86. The Morgan fingerprint density at radius 1 is 1.23 bits per heavy atom. The molecule has 0 spiro atoms. The van der Waals surface area contributed by atoms with E-state index in [1.54, 1.807) is 24.4 Å². The van der Waals surface area contributed by atoms with Gasteiger partial charge in [-0.1, -0.05) is 28.1 Å². The summed E-state index contributed by atoms with van der Waals surface area (Å²) < 4.78 is 21.8. The Bertz CT molecular complexity index is 867. The topological polar surface area (TPSA) is 38.0 Å². The first kappa shape index (κ1) is 14.6. The zero-order chi connectivity index (χ0) is 15.5. The number of nitriles is 1. The van der Waals surface area contributed by atoms with E-state index in [1.807, 2.05) is 22.8 Å². The fraction of sp³-hybridized carbons (Fsp3) is 0.118. The van der Waals surface area contributed by atoms with Gasteiger partial charge in [0.1, 0.15) is 12.7 Å². The van der Waals surface area contributed by atoms with Crippen molar-refractivity contribution >= 4 is 26.8 Å². The van der Waals surface area contributed by atoms with Crippen molar-refractivity contribution in [1.82, 2.24) is 4.57 Å². The van der Waals surface area contributed by atoms with Crippen molar-refractivity contribution in [2.24, 2.45) is 0 Å². The van der Waals surface area contributed by atoms with Gasteiger partial charge in [0.2, 0.25) is 0 Å². The van der Waals surface area contributed by atoms with Crippen LogP contribution in [0.25, 0.3) is 10.9 Å². The predicted molar refractivity (Wildman–Crippen MR) is 86.2 cm³/mol. The summed E-state index contributed by atoms with van der Waals surface area (Å²) in [6.07, 6.45) is 1.79. The number of rotatable bonds is 4. The number of nitrogens with zero attached hydrogens (tertiary/aromatic N) is 2. The van der Waals surface area contributed by atoms with Crippen molar-refractivity contribution < 1.29 is 9.13 Å². The molecule has 0 fully saturated rings. The van der Waals surface area contributed by atoms with Gasteiger partial charge in [-0.25, -0.2) is 4.39 Å². The highest BCUT2D eigenvalue weighted by Gasteiger charge is 2.09. The van der Waals surface area contributed by atoms with Crippen molar-refractivity contribution in [2.45, 2.75) is 6.54 Å². The molecule has 1 heterocycles. The SMILES string of the molecule is N#Cc1cn(CCOc2ccccc2F)c2ccc(Br)cc12. The molecule has 0 aliphatic rings. The molecule has 0 aliphatic heterocycles. The largest absolute Gasteiger partial charge is 0.489 e. The average molecular weight is 359 g/mol. The Kier molecular flexibility index (Phi) is 4.12. The summed E-state index contributed by atoms with van der Waals surface area (Å²) in [5, 5.41) is 10.1. The molecular weight excluding hydrogens is 347 g/mol. The molecule has 1 aromatic heterocycles. The van der Waals surface area contributed by atoms with Crippen LogP contribution in [-0.2, 0) is 6.54 Å². The molecule has 110 valence electrons. The Hall–Kier alpha value is -2.32. The van der Waals surface area contributed by atoms with E-state index >= 15 is 0 Å². The number of aromatic nitrogens is 1. The van der Waals surface area contributed by atoms with Crippen LogP contribution in [-0.4, -0.2) is 11.2 Å². The summed E-state index contributed by atoms with van der Waals surface area (Å²) in [6, 6.07) is 14.3. The second-order valence-electron chi connectivity index (χ2n) is 4.79. The molecule has 0 N–H and O–H groups in total. The first-order chi connectivity index (χ1) is 10.7. The molecule has 0 saturated heterocycles. The van der Waals surface area contributed by atoms with Crippen LogP contribution >= 0.6 is 15.9 Å². The first-order valence-corrected chi connectivity index (χ1v) is 7.54. The van der Waals surface area contributed by atoms with E-state index in [9.17, 15) is 9.65 Å². The van der Waals surface area contributed by atoms with Gasteiger partial charge in [-0.3, -0.25) is 0 Å². The van der Waals surface area contributed by atoms with Crippen LogP contribution in [0, 0.1) is 17.1 Å². The molecule has 3 nitrogen and oxygen atoms in total. The Balaban J connectivity index is 1.80. The predicted octanol–water partition coefficient (Wildman–Crippen LogP) is 4.49. The van der Waals surface area contributed by atoms with Gasteiger partial charge < -0.3 is 9.30 Å². The van der Waals surface area contributed by atoms with E-state index in [0.717, 1.165) is 15.4 Å². The molecule has 22 heavy (non-hydrogen) atoms. The number of halogens is 2. The number of ether oxygens (including phenoxy) is 1. The van der Waals surface area contributed by atoms with Crippen LogP contribution in [0.1, 0.15) is 5.56 Å². The molecular formula is C17H12BrFN2O. The summed E-state index contributed by atoms with van der Waals surface area (Å²) in [7, 11) is 0. The molecule has 0 atom stereocenters. The molecule has 3 rings (SSSR count). The summed E-state index contributed by atoms with van der Waals surface area (Å²) >= 11 is 3.41. The second kappa shape index (κ2) is 6.20. The van der Waals surface area contributed by atoms with E-state index in [1.165, 1.54) is 6.07 Å². The van der Waals surface area contributed by atoms with Gasteiger partial charge in [0.05, 0.1) is 12.1 Å². The lowest BCUT2D eigenvalue weighted by molar-refractivity contribution is 0.286. The second-order valence-corrected chi connectivity index (χ2v) is 5.70. The van der Waals surface area contributed by atoms with E-state index in [4.69, 9.17) is 4.74 Å². The minimum Gasteiger partial charge on any atom is -0.489 e. The number of fused-ring (bicyclic) bond motifs is 1. The van der Waals surface area contributed by atoms with Gasteiger partial charge in [-0.15, -0.1) is 0 Å². The van der Waals surface area contributed by atoms with Crippen molar-refractivity contribution in [3.8, 4) is 11.8 Å². The maximum Gasteiger partial charge on any atom is 0.165 e. The van der Waals surface area contributed by atoms with Crippen molar-refractivity contribution in [2.75, 3.05) is 6.61 Å². The summed E-state index contributed by atoms with van der Waals surface area (Å²) in [6.45, 7) is 0.861. The van der Waals surface area contributed by atoms with Crippen LogP contribution in [0.4, 0.5) is 4.39 Å². The van der Waals surface area contributed by atoms with Crippen LogP contribution in [0.5, 0.6) is 5.75 Å². The van der Waals surface area contributed by atoms with Crippen molar-refractivity contribution in [3.05, 3.63) is 64.5 Å². The zero-order valence-electron chi connectivity index (χ0n) is 11.6. The molecule has 0 unspecified atom stereocenters. The van der Waals surface area contributed by atoms with Gasteiger partial charge in [0.25, 0.3) is 0 Å². The molecule has 0 bridgehead atoms. The summed E-state index contributed by atoms with van der Waals surface area (Å²) in [5.74, 6) is -0.135. The maximum atomic E-state index is 13.5. The normalized spacial score (nSPS) is 10.6. The number of benzene rings is 2. The molecule has 0 radical (unpaired) electrons. The van der Waals surface area contributed by atoms with Gasteiger partial charge in [-0.2, -0.15) is 5.26 Å². The number of hydrogen-bond donors (Lipinski definition) is 0. The Morgan fingerprint density at radius 3 is 2.82 bits per heavy atom. The Labute approximate surface area is 135 Å². The summed E-state index contributed by atoms with van der Waals surface area (Å²) in [5.41, 5.74) is 1.57.